The molecule has 0 spiro atoms. The topological polar surface area (TPSA) is 16.3 Å². The van der Waals surface area contributed by atoms with E-state index in [9.17, 15) is 0 Å². The maximum absolute atomic E-state index is 2.44. The molecule has 0 fully saturated rings. The molecule has 0 amide bonds. The van der Waals surface area contributed by atoms with Crippen molar-refractivity contribution in [3.8, 4) is 11.4 Å². The van der Waals surface area contributed by atoms with Crippen LogP contribution in [0.2, 0.25) is 0 Å². The first-order valence-electron chi connectivity index (χ1n) is 16.4. The Morgan fingerprint density at radius 1 is 0.312 bits per heavy atom. The Kier molecular flexibility index (Phi) is 5.84. The number of hydrogen-bond donors (Lipinski definition) is 0. The van der Waals surface area contributed by atoms with Crippen molar-refractivity contribution in [2.24, 2.45) is 0 Å². The smallest absolute Gasteiger partial charge is 0.0788 e. The first-order valence-corrected chi connectivity index (χ1v) is 16.4. The number of aromatic nitrogens is 2. The van der Waals surface area contributed by atoms with Crippen LogP contribution in [0.4, 0.5) is 34.1 Å². The van der Waals surface area contributed by atoms with Crippen LogP contribution in [0.3, 0.4) is 0 Å². The van der Waals surface area contributed by atoms with E-state index < -0.39 is 0 Å². The summed E-state index contributed by atoms with van der Waals surface area (Å²) in [6.45, 7) is 0. The minimum atomic E-state index is 1.12. The van der Waals surface area contributed by atoms with E-state index in [1.807, 2.05) is 0 Å². The van der Waals surface area contributed by atoms with Crippen LogP contribution in [0.1, 0.15) is 0 Å². The van der Waals surface area contributed by atoms with Gasteiger partial charge in [0.1, 0.15) is 0 Å². The van der Waals surface area contributed by atoms with Crippen molar-refractivity contribution in [3.63, 3.8) is 0 Å². The molecule has 9 aromatic rings. The minimum Gasteiger partial charge on any atom is -0.315 e. The standard InChI is InChI=1S/C44H30N4/c1-3-13-32(14-4-1)45-30-29-31-23-28-37-36-17-7-8-18-38(36)48(44(37)43(31)45)35-26-24-34(25-27-35)47-41-21-11-9-19-39(41)46(33-15-5-2-6-16-33)40-20-10-12-22-42(40)47/h1-30H. The number of rotatable bonds is 4. The molecule has 0 radical (unpaired) electrons. The molecule has 1 aliphatic rings. The predicted octanol–water partition coefficient (Wildman–Crippen LogP) is 12.0. The van der Waals surface area contributed by atoms with Crippen molar-refractivity contribution < 1.29 is 0 Å². The van der Waals surface area contributed by atoms with E-state index >= 15 is 0 Å². The van der Waals surface area contributed by atoms with Gasteiger partial charge in [-0.3, -0.25) is 0 Å². The van der Waals surface area contributed by atoms with Crippen LogP contribution in [0.5, 0.6) is 0 Å². The largest absolute Gasteiger partial charge is 0.315 e. The molecule has 3 heterocycles. The Morgan fingerprint density at radius 2 is 0.812 bits per heavy atom. The third-order valence-corrected chi connectivity index (χ3v) is 9.63. The fourth-order valence-corrected chi connectivity index (χ4v) is 7.57. The Bertz CT molecular complexity index is 2570. The molecule has 0 atom stereocenters. The first-order chi connectivity index (χ1) is 23.8. The molecular weight excluding hydrogens is 585 g/mol. The van der Waals surface area contributed by atoms with Crippen molar-refractivity contribution in [1.82, 2.24) is 9.13 Å². The highest BCUT2D eigenvalue weighted by molar-refractivity contribution is 6.18. The van der Waals surface area contributed by atoms with Crippen molar-refractivity contribution in [2.75, 3.05) is 9.80 Å². The summed E-state index contributed by atoms with van der Waals surface area (Å²) in [5.41, 5.74) is 12.7. The van der Waals surface area contributed by atoms with Gasteiger partial charge in [-0.05, 0) is 84.9 Å². The average Bonchev–Trinajstić information content (AvgIpc) is 3.74. The number of anilines is 6. The zero-order chi connectivity index (χ0) is 31.6. The minimum absolute atomic E-state index is 1.12. The first kappa shape index (κ1) is 26.7. The highest BCUT2D eigenvalue weighted by Gasteiger charge is 2.30. The lowest BCUT2D eigenvalue weighted by Crippen LogP contribution is -2.23. The Morgan fingerprint density at radius 3 is 1.44 bits per heavy atom. The molecule has 7 aromatic carbocycles. The monoisotopic (exact) mass is 614 g/mol. The molecule has 1 aliphatic heterocycles. The van der Waals surface area contributed by atoms with Gasteiger partial charge in [-0.2, -0.15) is 0 Å². The Labute approximate surface area is 278 Å². The van der Waals surface area contributed by atoms with E-state index in [1.54, 1.807) is 0 Å². The van der Waals surface area contributed by atoms with Gasteiger partial charge in [0.05, 0.1) is 39.3 Å². The van der Waals surface area contributed by atoms with E-state index in [1.165, 1.54) is 32.7 Å². The average molecular weight is 615 g/mol. The SMILES string of the molecule is c1ccc(N2c3ccccc3N(c3ccc(-n4c5ccccc5c5ccc6ccn(-c7ccccc7)c6c54)cc3)c3ccccc32)cc1. The summed E-state index contributed by atoms with van der Waals surface area (Å²) in [6.07, 6.45) is 2.19. The number of nitrogens with zero attached hydrogens (tertiary/aromatic N) is 4. The molecule has 226 valence electrons. The molecule has 0 saturated carbocycles. The lowest BCUT2D eigenvalue weighted by atomic mass is 10.0. The molecular formula is C44H30N4. The molecule has 0 bridgehead atoms. The fourth-order valence-electron chi connectivity index (χ4n) is 7.57. The van der Waals surface area contributed by atoms with Gasteiger partial charge in [0.25, 0.3) is 0 Å². The maximum atomic E-state index is 2.44. The second-order valence-electron chi connectivity index (χ2n) is 12.3. The summed E-state index contributed by atoms with van der Waals surface area (Å²) in [5.74, 6) is 0. The lowest BCUT2D eigenvalue weighted by Gasteiger charge is -2.40. The molecule has 0 saturated heterocycles. The second-order valence-corrected chi connectivity index (χ2v) is 12.3. The van der Waals surface area contributed by atoms with Crippen molar-refractivity contribution >= 4 is 66.8 Å². The second kappa shape index (κ2) is 10.5. The van der Waals surface area contributed by atoms with E-state index in [0.29, 0.717) is 0 Å². The van der Waals surface area contributed by atoms with Gasteiger partial charge < -0.3 is 18.9 Å². The van der Waals surface area contributed by atoms with Gasteiger partial charge in [0, 0.05) is 45.1 Å². The highest BCUT2D eigenvalue weighted by Crippen LogP contribution is 2.54. The van der Waals surface area contributed by atoms with E-state index in [4.69, 9.17) is 0 Å². The summed E-state index contributed by atoms with van der Waals surface area (Å²) in [4.78, 5) is 4.75. The molecule has 2 aromatic heterocycles. The van der Waals surface area contributed by atoms with Gasteiger partial charge in [-0.25, -0.2) is 0 Å². The van der Waals surface area contributed by atoms with Crippen molar-refractivity contribution in [1.29, 1.82) is 0 Å². The van der Waals surface area contributed by atoms with E-state index in [0.717, 1.165) is 45.5 Å². The summed E-state index contributed by atoms with van der Waals surface area (Å²) < 4.78 is 4.76. The van der Waals surface area contributed by atoms with E-state index in [2.05, 4.69) is 201 Å². The normalized spacial score (nSPS) is 12.5. The van der Waals surface area contributed by atoms with Crippen molar-refractivity contribution in [3.05, 3.63) is 182 Å². The third kappa shape index (κ3) is 3.90. The van der Waals surface area contributed by atoms with Crippen LogP contribution in [-0.4, -0.2) is 9.13 Å². The van der Waals surface area contributed by atoms with Gasteiger partial charge in [0.2, 0.25) is 0 Å². The van der Waals surface area contributed by atoms with Crippen LogP contribution in [0.25, 0.3) is 44.1 Å². The molecule has 10 rings (SSSR count). The number of hydrogen-bond acceptors (Lipinski definition) is 2. The molecule has 0 aliphatic carbocycles. The zero-order valence-corrected chi connectivity index (χ0v) is 26.1. The van der Waals surface area contributed by atoms with E-state index in [-0.39, 0.29) is 0 Å². The van der Waals surface area contributed by atoms with Gasteiger partial charge in [-0.15, -0.1) is 0 Å². The molecule has 0 unspecified atom stereocenters. The van der Waals surface area contributed by atoms with Crippen LogP contribution >= 0.6 is 0 Å². The van der Waals surface area contributed by atoms with Crippen LogP contribution < -0.4 is 9.80 Å². The van der Waals surface area contributed by atoms with Gasteiger partial charge in [-0.1, -0.05) is 91.0 Å². The van der Waals surface area contributed by atoms with Crippen LogP contribution in [-0.2, 0) is 0 Å². The lowest BCUT2D eigenvalue weighted by molar-refractivity contribution is 1.11. The summed E-state index contributed by atoms with van der Waals surface area (Å²) >= 11 is 0. The molecule has 4 heteroatoms. The number of fused-ring (bicyclic) bond motifs is 7. The predicted molar refractivity (Wildman–Crippen MR) is 201 cm³/mol. The molecule has 0 N–H and O–H groups in total. The molecule has 4 nitrogen and oxygen atoms in total. The summed E-state index contributed by atoms with van der Waals surface area (Å²) in [7, 11) is 0. The van der Waals surface area contributed by atoms with Crippen LogP contribution in [0, 0.1) is 0 Å². The number of para-hydroxylation sites is 7. The maximum Gasteiger partial charge on any atom is 0.0788 e. The third-order valence-electron chi connectivity index (χ3n) is 9.63. The fraction of sp³-hybridized carbons (Fsp3) is 0. The van der Waals surface area contributed by atoms with Gasteiger partial charge in [0.15, 0.2) is 0 Å². The highest BCUT2D eigenvalue weighted by atomic mass is 15.3. The quantitative estimate of drug-likeness (QED) is 0.196. The van der Waals surface area contributed by atoms with Gasteiger partial charge >= 0.3 is 0 Å². The van der Waals surface area contributed by atoms with Crippen molar-refractivity contribution in [2.45, 2.75) is 0 Å². The molecule has 48 heavy (non-hydrogen) atoms. The Hall–Kier alpha value is -6.52. The zero-order valence-electron chi connectivity index (χ0n) is 26.1. The summed E-state index contributed by atoms with van der Waals surface area (Å²) in [5, 5.41) is 3.72. The number of benzene rings is 7. The summed E-state index contributed by atoms with van der Waals surface area (Å²) in [6, 6.07) is 63.2. The Balaban J connectivity index is 1.17. The van der Waals surface area contributed by atoms with Crippen LogP contribution in [0.15, 0.2) is 182 Å².